The Morgan fingerprint density at radius 2 is 2.27 bits per heavy atom. The van der Waals surface area contributed by atoms with Crippen LogP contribution in [0.2, 0.25) is 5.02 Å². The maximum Gasteiger partial charge on any atom is 0.251 e. The van der Waals surface area contributed by atoms with Crippen molar-refractivity contribution in [2.75, 3.05) is 12.4 Å². The van der Waals surface area contributed by atoms with Crippen molar-refractivity contribution in [1.82, 2.24) is 29.8 Å². The highest BCUT2D eigenvalue weighted by molar-refractivity contribution is 7.07. The molecule has 3 N–H and O–H groups in total. The number of carbonyl (C=O) groups is 1. The number of pyridine rings is 1. The van der Waals surface area contributed by atoms with Crippen molar-refractivity contribution < 1.29 is 14.6 Å². The zero-order valence-electron chi connectivity index (χ0n) is 17.5. The van der Waals surface area contributed by atoms with Crippen LogP contribution in [0.5, 0.6) is 0 Å². The number of aliphatic hydroxyl groups is 1. The number of hydrogen-bond donors (Lipinski definition) is 3. The summed E-state index contributed by atoms with van der Waals surface area (Å²) in [6, 6.07) is 3.76. The van der Waals surface area contributed by atoms with Crippen molar-refractivity contribution in [3.8, 4) is 11.4 Å². The third kappa shape index (κ3) is 4.27. The number of nitrogens with zero attached hydrogens (tertiary/aromatic N) is 5. The second kappa shape index (κ2) is 9.02. The molecule has 1 aliphatic rings. The van der Waals surface area contributed by atoms with Crippen LogP contribution in [-0.4, -0.2) is 54.8 Å². The molecule has 170 valence electrons. The predicted molar refractivity (Wildman–Crippen MR) is 124 cm³/mol. The third-order valence-corrected chi connectivity index (χ3v) is 6.27. The molecule has 0 bridgehead atoms. The summed E-state index contributed by atoms with van der Waals surface area (Å²) in [5, 5.41) is 20.7. The lowest BCUT2D eigenvalue weighted by Crippen LogP contribution is -2.38. The number of hydrogen-bond acceptors (Lipinski definition) is 9. The normalized spacial score (nSPS) is 20.3. The summed E-state index contributed by atoms with van der Waals surface area (Å²) >= 11 is 7.75. The van der Waals surface area contributed by atoms with Gasteiger partial charge in [0.1, 0.15) is 6.23 Å². The molecule has 1 aliphatic heterocycles. The van der Waals surface area contributed by atoms with Crippen LogP contribution >= 0.6 is 22.9 Å². The molecule has 0 spiro atoms. The van der Waals surface area contributed by atoms with Gasteiger partial charge in [-0.3, -0.25) is 14.3 Å². The molecule has 0 saturated carbocycles. The molecule has 4 aromatic heterocycles. The van der Waals surface area contributed by atoms with Crippen molar-refractivity contribution >= 4 is 45.8 Å². The van der Waals surface area contributed by atoms with E-state index in [1.165, 1.54) is 13.2 Å². The molecule has 33 heavy (non-hydrogen) atoms. The number of imidazole rings is 1. The molecule has 10 nitrogen and oxygen atoms in total. The van der Waals surface area contributed by atoms with E-state index in [2.05, 4.69) is 31.0 Å². The Morgan fingerprint density at radius 3 is 3.03 bits per heavy atom. The first-order valence-corrected chi connectivity index (χ1v) is 11.5. The number of thiophene rings is 1. The zero-order valence-corrected chi connectivity index (χ0v) is 19.0. The highest BCUT2D eigenvalue weighted by Crippen LogP contribution is 2.33. The Labute approximate surface area is 197 Å². The fourth-order valence-electron chi connectivity index (χ4n) is 3.70. The van der Waals surface area contributed by atoms with E-state index in [1.54, 1.807) is 34.5 Å². The number of aliphatic hydroxyl groups excluding tert-OH is 1. The van der Waals surface area contributed by atoms with Gasteiger partial charge in [-0.2, -0.15) is 11.3 Å². The largest absolute Gasteiger partial charge is 0.390 e. The fourth-order valence-corrected chi connectivity index (χ4v) is 4.54. The fraction of sp³-hybridized carbons (Fsp3) is 0.286. The van der Waals surface area contributed by atoms with Crippen LogP contribution in [0.3, 0.4) is 0 Å². The Morgan fingerprint density at radius 1 is 1.39 bits per heavy atom. The van der Waals surface area contributed by atoms with E-state index in [1.807, 2.05) is 11.4 Å². The van der Waals surface area contributed by atoms with Crippen LogP contribution in [-0.2, 0) is 16.1 Å². The molecule has 0 unspecified atom stereocenters. The third-order valence-electron chi connectivity index (χ3n) is 5.34. The maximum atomic E-state index is 12.1. The Kier molecular flexibility index (Phi) is 5.94. The first-order valence-electron chi connectivity index (χ1n) is 10.2. The minimum Gasteiger partial charge on any atom is -0.390 e. The van der Waals surface area contributed by atoms with E-state index < -0.39 is 18.4 Å². The number of rotatable bonds is 6. The minimum absolute atomic E-state index is 0.221. The van der Waals surface area contributed by atoms with Crippen LogP contribution in [0.1, 0.15) is 18.2 Å². The number of likely N-dealkylation sites (N-methyl/N-ethyl adjacent to an activating group) is 1. The lowest BCUT2D eigenvalue weighted by Gasteiger charge is -2.15. The molecule has 0 radical (unpaired) electrons. The molecule has 0 aromatic carbocycles. The number of carbonyl (C=O) groups excluding carboxylic acids is 1. The Balaban J connectivity index is 1.56. The van der Waals surface area contributed by atoms with Gasteiger partial charge in [-0.1, -0.05) is 11.6 Å². The SMILES string of the molecule is CNC(=O)[C@H]1O[C@@H](n2cnc3c(NCc4ccsc4)nc(-c4cncc(Cl)c4)nc32)C[C@@H]1O. The van der Waals surface area contributed by atoms with Crippen LogP contribution in [0.15, 0.2) is 41.6 Å². The van der Waals surface area contributed by atoms with Crippen LogP contribution in [0.4, 0.5) is 5.82 Å². The summed E-state index contributed by atoms with van der Waals surface area (Å²) in [6.45, 7) is 0.563. The highest BCUT2D eigenvalue weighted by atomic mass is 35.5. The van der Waals surface area contributed by atoms with E-state index in [9.17, 15) is 9.90 Å². The molecule has 1 saturated heterocycles. The van der Waals surface area contributed by atoms with E-state index >= 15 is 0 Å². The number of aromatic nitrogens is 5. The standard InChI is InChI=1S/C21H20ClN7O3S/c1-23-21(31)17-14(30)5-15(32-17)29-10-26-16-19(25-6-11-2-3-33-9-11)27-18(28-20(16)29)12-4-13(22)8-24-7-12/h2-4,7-10,14-15,17,30H,5-6H2,1H3,(H,23,31)(H,25,27,28)/t14-,15+,17-/m0/s1. The topological polar surface area (TPSA) is 127 Å². The van der Waals surface area contributed by atoms with Gasteiger partial charge in [0, 0.05) is 38.0 Å². The van der Waals surface area contributed by atoms with Crippen molar-refractivity contribution in [3.63, 3.8) is 0 Å². The Bertz CT molecular complexity index is 1300. The van der Waals surface area contributed by atoms with Crippen molar-refractivity contribution in [2.45, 2.75) is 31.4 Å². The summed E-state index contributed by atoms with van der Waals surface area (Å²) in [5.74, 6) is 0.572. The molecule has 4 aromatic rings. The quantitative estimate of drug-likeness (QED) is 0.380. The second-order valence-corrected chi connectivity index (χ2v) is 8.74. The average molecular weight is 486 g/mol. The molecule has 12 heteroatoms. The van der Waals surface area contributed by atoms with Crippen LogP contribution in [0.25, 0.3) is 22.6 Å². The zero-order chi connectivity index (χ0) is 22.9. The van der Waals surface area contributed by atoms with Gasteiger partial charge < -0.3 is 20.5 Å². The summed E-state index contributed by atoms with van der Waals surface area (Å²) in [6.07, 6.45) is 2.45. The molecular formula is C21H20ClN7O3S. The molecule has 1 fully saturated rings. The first-order chi connectivity index (χ1) is 16.0. The van der Waals surface area contributed by atoms with Gasteiger partial charge in [-0.15, -0.1) is 0 Å². The number of amides is 1. The van der Waals surface area contributed by atoms with Gasteiger partial charge in [0.25, 0.3) is 5.91 Å². The molecule has 1 amide bonds. The maximum absolute atomic E-state index is 12.1. The number of halogens is 1. The van der Waals surface area contributed by atoms with Crippen molar-refractivity contribution in [3.05, 3.63) is 52.2 Å². The van der Waals surface area contributed by atoms with E-state index in [0.717, 1.165) is 5.56 Å². The smallest absolute Gasteiger partial charge is 0.251 e. The van der Waals surface area contributed by atoms with Crippen molar-refractivity contribution in [1.29, 1.82) is 0 Å². The summed E-state index contributed by atoms with van der Waals surface area (Å²) in [7, 11) is 1.50. The minimum atomic E-state index is -0.966. The van der Waals surface area contributed by atoms with Gasteiger partial charge in [0.15, 0.2) is 28.9 Å². The predicted octanol–water partition coefficient (Wildman–Crippen LogP) is 2.61. The van der Waals surface area contributed by atoms with Crippen molar-refractivity contribution in [2.24, 2.45) is 0 Å². The monoisotopic (exact) mass is 485 g/mol. The van der Waals surface area contributed by atoms with E-state index in [4.69, 9.17) is 21.3 Å². The molecule has 5 rings (SSSR count). The van der Waals surface area contributed by atoms with Gasteiger partial charge in [0.2, 0.25) is 0 Å². The molecular weight excluding hydrogens is 466 g/mol. The Hall–Kier alpha value is -3.12. The number of nitrogens with one attached hydrogen (secondary N) is 2. The average Bonchev–Trinajstić information content (AvgIpc) is 3.56. The number of fused-ring (bicyclic) bond motifs is 1. The summed E-state index contributed by atoms with van der Waals surface area (Å²) in [5.41, 5.74) is 2.81. The van der Waals surface area contributed by atoms with Gasteiger partial charge >= 0.3 is 0 Å². The molecule has 3 atom stereocenters. The molecule has 5 heterocycles. The summed E-state index contributed by atoms with van der Waals surface area (Å²) < 4.78 is 7.56. The van der Waals surface area contributed by atoms with E-state index in [-0.39, 0.29) is 12.3 Å². The van der Waals surface area contributed by atoms with Gasteiger partial charge in [-0.05, 0) is 28.5 Å². The summed E-state index contributed by atoms with van der Waals surface area (Å²) in [4.78, 5) is 30.1. The van der Waals surface area contributed by atoms with E-state index in [0.29, 0.717) is 39.9 Å². The molecule has 0 aliphatic carbocycles. The first kappa shape index (κ1) is 21.7. The number of ether oxygens (including phenoxy) is 1. The number of anilines is 1. The van der Waals surface area contributed by atoms with Gasteiger partial charge in [-0.25, -0.2) is 15.0 Å². The van der Waals surface area contributed by atoms with Crippen LogP contribution in [0, 0.1) is 0 Å². The lowest BCUT2D eigenvalue weighted by atomic mass is 10.1. The highest BCUT2D eigenvalue weighted by Gasteiger charge is 2.40. The second-order valence-electron chi connectivity index (χ2n) is 7.53. The van der Waals surface area contributed by atoms with Gasteiger partial charge in [0.05, 0.1) is 17.5 Å². The lowest BCUT2D eigenvalue weighted by molar-refractivity contribution is -0.137. The van der Waals surface area contributed by atoms with Crippen LogP contribution < -0.4 is 10.6 Å².